The normalized spacial score (nSPS) is 22.8. The van der Waals surface area contributed by atoms with Crippen molar-refractivity contribution in [3.8, 4) is 12.1 Å². The van der Waals surface area contributed by atoms with Crippen molar-refractivity contribution in [3.05, 3.63) is 66.1 Å². The Morgan fingerprint density at radius 1 is 1.22 bits per heavy atom. The van der Waals surface area contributed by atoms with Gasteiger partial charge in [0.05, 0.1) is 36.5 Å². The summed E-state index contributed by atoms with van der Waals surface area (Å²) in [5.74, 6) is 0.593. The molecule has 6 rings (SSSR count). The molecule has 41 heavy (non-hydrogen) atoms. The molecule has 0 spiro atoms. The molecule has 1 unspecified atom stereocenters. The first-order valence-electron chi connectivity index (χ1n) is 14.3. The van der Waals surface area contributed by atoms with Gasteiger partial charge in [0.2, 0.25) is 5.91 Å². The van der Waals surface area contributed by atoms with E-state index in [4.69, 9.17) is 24.4 Å². The summed E-state index contributed by atoms with van der Waals surface area (Å²) in [6, 6.07) is 12.9. The molecular weight excluding hydrogens is 518 g/mol. The van der Waals surface area contributed by atoms with Crippen LogP contribution in [0.4, 0.5) is 5.82 Å². The number of aromatic nitrogens is 3. The van der Waals surface area contributed by atoms with Crippen molar-refractivity contribution >= 4 is 22.5 Å². The second kappa shape index (κ2) is 11.8. The van der Waals surface area contributed by atoms with Crippen LogP contribution in [-0.4, -0.2) is 82.6 Å². The number of amides is 1. The number of hydrogen-bond acceptors (Lipinski definition) is 9. The summed E-state index contributed by atoms with van der Waals surface area (Å²) >= 11 is 0. The highest BCUT2D eigenvalue weighted by Gasteiger charge is 2.34. The van der Waals surface area contributed by atoms with E-state index in [1.54, 1.807) is 4.90 Å². The van der Waals surface area contributed by atoms with Gasteiger partial charge in [0.1, 0.15) is 18.5 Å². The monoisotopic (exact) mass is 553 g/mol. The molecule has 0 bridgehead atoms. The number of fused-ring (bicyclic) bond motifs is 2. The maximum atomic E-state index is 12.5. The van der Waals surface area contributed by atoms with Gasteiger partial charge in [-0.2, -0.15) is 15.2 Å². The Kier molecular flexibility index (Phi) is 7.81. The quantitative estimate of drug-likeness (QED) is 0.407. The maximum absolute atomic E-state index is 12.5. The summed E-state index contributed by atoms with van der Waals surface area (Å²) < 4.78 is 12.7. The molecule has 2 aromatic heterocycles. The fourth-order valence-electron chi connectivity index (χ4n) is 6.23. The van der Waals surface area contributed by atoms with E-state index in [9.17, 15) is 10.1 Å². The highest BCUT2D eigenvalue weighted by atomic mass is 16.5. The molecule has 3 aliphatic heterocycles. The van der Waals surface area contributed by atoms with Crippen molar-refractivity contribution < 1.29 is 14.3 Å². The van der Waals surface area contributed by atoms with Crippen LogP contribution in [0.1, 0.15) is 42.3 Å². The number of rotatable bonds is 7. The van der Waals surface area contributed by atoms with Crippen molar-refractivity contribution in [2.24, 2.45) is 0 Å². The molecule has 3 atom stereocenters. The number of benzene rings is 1. The minimum Gasteiger partial charge on any atom is -0.462 e. The first-order valence-corrected chi connectivity index (χ1v) is 14.3. The Morgan fingerprint density at radius 3 is 2.90 bits per heavy atom. The van der Waals surface area contributed by atoms with Crippen LogP contribution in [0, 0.1) is 11.3 Å². The number of carbonyl (C=O) groups excluding carboxylic acids is 1. The third kappa shape index (κ3) is 5.47. The average Bonchev–Trinajstić information content (AvgIpc) is 3.43. The van der Waals surface area contributed by atoms with Crippen LogP contribution in [-0.2, 0) is 22.6 Å². The van der Waals surface area contributed by atoms with Gasteiger partial charge in [-0.25, -0.2) is 0 Å². The van der Waals surface area contributed by atoms with E-state index < -0.39 is 0 Å². The molecule has 10 nitrogen and oxygen atoms in total. The summed E-state index contributed by atoms with van der Waals surface area (Å²) in [6.45, 7) is 7.09. The fourth-order valence-corrected chi connectivity index (χ4v) is 6.23. The lowest BCUT2D eigenvalue weighted by molar-refractivity contribution is -0.128. The molecule has 0 aliphatic carbocycles. The molecule has 3 aromatic rings. The molecule has 1 amide bonds. The van der Waals surface area contributed by atoms with Gasteiger partial charge in [-0.1, -0.05) is 30.8 Å². The van der Waals surface area contributed by atoms with E-state index >= 15 is 0 Å². The van der Waals surface area contributed by atoms with Crippen LogP contribution in [0.25, 0.3) is 10.8 Å². The zero-order chi connectivity index (χ0) is 28.3. The number of pyridine rings is 1. The van der Waals surface area contributed by atoms with Gasteiger partial charge in [-0.05, 0) is 44.0 Å². The van der Waals surface area contributed by atoms with Crippen molar-refractivity contribution in [3.63, 3.8) is 0 Å². The highest BCUT2D eigenvalue weighted by Crippen LogP contribution is 2.37. The maximum Gasteiger partial charge on any atom is 0.318 e. The Balaban J connectivity index is 1.33. The first-order chi connectivity index (χ1) is 20.1. The second-order valence-corrected chi connectivity index (χ2v) is 11.0. The zero-order valence-corrected chi connectivity index (χ0v) is 23.4. The summed E-state index contributed by atoms with van der Waals surface area (Å²) in [5.41, 5.74) is 2.71. The smallest absolute Gasteiger partial charge is 0.318 e. The van der Waals surface area contributed by atoms with Gasteiger partial charge in [0.15, 0.2) is 0 Å². The number of likely N-dealkylation sites (tertiary alicyclic amines) is 1. The molecule has 0 saturated carbocycles. The number of anilines is 1. The molecular formula is C31H35N7O3. The molecule has 2 fully saturated rings. The van der Waals surface area contributed by atoms with Crippen LogP contribution in [0.3, 0.4) is 0 Å². The van der Waals surface area contributed by atoms with E-state index in [0.29, 0.717) is 51.3 Å². The Bertz CT molecular complexity index is 1480. The number of ether oxygens (including phenoxy) is 2. The van der Waals surface area contributed by atoms with Crippen LogP contribution >= 0.6 is 0 Å². The lowest BCUT2D eigenvalue weighted by Gasteiger charge is -2.41. The third-order valence-electron chi connectivity index (χ3n) is 8.51. The minimum absolute atomic E-state index is 0.159. The van der Waals surface area contributed by atoms with Gasteiger partial charge in [0, 0.05) is 49.2 Å². The molecule has 0 N–H and O–H groups in total. The Labute approximate surface area is 240 Å². The lowest BCUT2D eigenvalue weighted by Crippen LogP contribution is -2.55. The number of piperazine rings is 1. The van der Waals surface area contributed by atoms with Crippen molar-refractivity contribution in [1.82, 2.24) is 24.8 Å². The summed E-state index contributed by atoms with van der Waals surface area (Å²) in [7, 11) is 2.12. The van der Waals surface area contributed by atoms with E-state index in [-0.39, 0.29) is 24.5 Å². The number of hydrogen-bond donors (Lipinski definition) is 0. The number of likely N-dealkylation sites (N-methyl/N-ethyl adjacent to an activating group) is 1. The molecule has 212 valence electrons. The van der Waals surface area contributed by atoms with Gasteiger partial charge in [-0.15, -0.1) is 0 Å². The molecule has 10 heteroatoms. The third-order valence-corrected chi connectivity index (χ3v) is 8.51. The number of nitrogens with zero attached hydrogens (tertiary/aromatic N) is 7. The summed E-state index contributed by atoms with van der Waals surface area (Å²) in [5, 5.41) is 11.7. The molecule has 1 aromatic carbocycles. The molecule has 3 aliphatic rings. The molecule has 0 radical (unpaired) electrons. The largest absolute Gasteiger partial charge is 0.462 e. The SMILES string of the molecule is C=CC(=O)N1CCN(c2nc(OC[C@@H]3CCCN3C)nc3c2COC(c2nccc4ccccc24)C3)C[C@@H]1CC#N. The van der Waals surface area contributed by atoms with Gasteiger partial charge < -0.3 is 24.2 Å². The Hall–Kier alpha value is -4.07. The zero-order valence-electron chi connectivity index (χ0n) is 23.4. The number of carbonyl (C=O) groups is 1. The van der Waals surface area contributed by atoms with Gasteiger partial charge in [0.25, 0.3) is 0 Å². The van der Waals surface area contributed by atoms with Crippen molar-refractivity contribution in [1.29, 1.82) is 5.26 Å². The summed E-state index contributed by atoms with van der Waals surface area (Å²) in [4.78, 5) is 33.2. The molecule has 5 heterocycles. The minimum atomic E-state index is -0.265. The number of nitriles is 1. The van der Waals surface area contributed by atoms with E-state index in [1.165, 1.54) is 6.08 Å². The Morgan fingerprint density at radius 2 is 2.10 bits per heavy atom. The topological polar surface area (TPSA) is 108 Å². The van der Waals surface area contributed by atoms with E-state index in [1.807, 2.05) is 24.4 Å². The predicted molar refractivity (Wildman–Crippen MR) is 154 cm³/mol. The first kappa shape index (κ1) is 27.1. The van der Waals surface area contributed by atoms with Crippen molar-refractivity contribution in [2.45, 2.75) is 50.5 Å². The highest BCUT2D eigenvalue weighted by molar-refractivity contribution is 5.87. The fraction of sp³-hybridized carbons (Fsp3) is 0.452. The molecule has 2 saturated heterocycles. The van der Waals surface area contributed by atoms with Crippen molar-refractivity contribution in [2.75, 3.05) is 44.7 Å². The van der Waals surface area contributed by atoms with Crippen LogP contribution in [0.2, 0.25) is 0 Å². The van der Waals surface area contributed by atoms with Gasteiger partial charge in [-0.3, -0.25) is 9.78 Å². The van der Waals surface area contributed by atoms with Crippen LogP contribution in [0.15, 0.2) is 49.2 Å². The van der Waals surface area contributed by atoms with Crippen LogP contribution in [0.5, 0.6) is 6.01 Å². The van der Waals surface area contributed by atoms with Gasteiger partial charge >= 0.3 is 6.01 Å². The average molecular weight is 554 g/mol. The second-order valence-electron chi connectivity index (χ2n) is 11.0. The van der Waals surface area contributed by atoms with E-state index in [0.717, 1.165) is 52.9 Å². The predicted octanol–water partition coefficient (Wildman–Crippen LogP) is 3.43. The lowest BCUT2D eigenvalue weighted by atomic mass is 9.98. The standard InChI is InChI=1S/C31H35N7O3/c1-3-28(39)38-16-15-37(18-22(38)10-12-32)30-25-20-40-27(29-24-9-5-4-7-21(24)11-13-33-29)17-26(25)34-31(35-30)41-19-23-8-6-14-36(23)2/h3-5,7,9,11,13,22-23,27H,1,6,8,10,14-20H2,2H3/t22-,23-,27?/m0/s1. The van der Waals surface area contributed by atoms with E-state index in [2.05, 4.69) is 41.6 Å². The van der Waals surface area contributed by atoms with Crippen LogP contribution < -0.4 is 9.64 Å². The summed E-state index contributed by atoms with van der Waals surface area (Å²) in [6.07, 6.45) is 5.91.